The third-order valence-corrected chi connectivity index (χ3v) is 5.28. The van der Waals surface area contributed by atoms with Crippen LogP contribution in [0, 0.1) is 5.92 Å². The molecule has 23 heavy (non-hydrogen) atoms. The van der Waals surface area contributed by atoms with Gasteiger partial charge in [0.2, 0.25) is 5.91 Å². The summed E-state index contributed by atoms with van der Waals surface area (Å²) in [4.78, 5) is 36.3. The monoisotopic (exact) mass is 399 g/mol. The Kier molecular flexibility index (Phi) is 6.24. The van der Waals surface area contributed by atoms with E-state index in [2.05, 4.69) is 15.9 Å². The van der Waals surface area contributed by atoms with Crippen LogP contribution in [0.1, 0.15) is 18.9 Å². The fraction of sp³-hybridized carbons (Fsp3) is 0.438. The van der Waals surface area contributed by atoms with Gasteiger partial charge in [0.25, 0.3) is 0 Å². The summed E-state index contributed by atoms with van der Waals surface area (Å²) in [6.45, 7) is 1.89. The molecule has 1 aliphatic heterocycles. The zero-order chi connectivity index (χ0) is 17.0. The number of aliphatic carboxylic acids is 1. The van der Waals surface area contributed by atoms with Gasteiger partial charge < -0.3 is 10.0 Å². The maximum absolute atomic E-state index is 12.2. The summed E-state index contributed by atoms with van der Waals surface area (Å²) in [5.41, 5.74) is 0.862. The molecule has 5 nitrogen and oxygen atoms in total. The highest BCUT2D eigenvalue weighted by Gasteiger charge is 2.37. The molecular formula is C16H18BrNO4S. The fourth-order valence-corrected chi connectivity index (χ4v) is 3.81. The molecule has 1 fully saturated rings. The predicted molar refractivity (Wildman–Crippen MR) is 92.2 cm³/mol. The Labute approximate surface area is 147 Å². The molecular weight excluding hydrogens is 382 g/mol. The molecule has 1 saturated heterocycles. The van der Waals surface area contributed by atoms with Gasteiger partial charge in [0, 0.05) is 36.5 Å². The van der Waals surface area contributed by atoms with Crippen molar-refractivity contribution in [2.24, 2.45) is 5.92 Å². The molecule has 2 atom stereocenters. The first-order valence-electron chi connectivity index (χ1n) is 7.27. The highest BCUT2D eigenvalue weighted by Crippen LogP contribution is 2.26. The highest BCUT2D eigenvalue weighted by atomic mass is 79.9. The number of likely N-dealkylation sites (tertiary alicyclic amines) is 1. The van der Waals surface area contributed by atoms with Crippen LogP contribution in [0.25, 0.3) is 0 Å². The van der Waals surface area contributed by atoms with Gasteiger partial charge in [-0.2, -0.15) is 0 Å². The number of hydrogen-bond donors (Lipinski definition) is 1. The number of carbonyl (C=O) groups is 3. The average molecular weight is 400 g/mol. The van der Waals surface area contributed by atoms with Crippen molar-refractivity contribution in [3.63, 3.8) is 0 Å². The number of thioether (sulfide) groups is 1. The number of carboxylic acids is 1. The zero-order valence-corrected chi connectivity index (χ0v) is 15.1. The van der Waals surface area contributed by atoms with Crippen LogP contribution in [0.15, 0.2) is 28.7 Å². The fourth-order valence-electron chi connectivity index (χ4n) is 2.67. The van der Waals surface area contributed by atoms with E-state index in [9.17, 15) is 19.5 Å². The Bertz CT molecular complexity index is 622. The molecule has 1 aliphatic rings. The Morgan fingerprint density at radius 1 is 1.48 bits per heavy atom. The quantitative estimate of drug-likeness (QED) is 0.795. The van der Waals surface area contributed by atoms with Crippen LogP contribution in [0.2, 0.25) is 0 Å². The normalized spacial score (nSPS) is 19.0. The van der Waals surface area contributed by atoms with E-state index in [-0.39, 0.29) is 23.4 Å². The molecule has 1 N–H and O–H groups in total. The maximum atomic E-state index is 12.2. The van der Waals surface area contributed by atoms with E-state index in [1.54, 1.807) is 0 Å². The zero-order valence-electron chi connectivity index (χ0n) is 12.7. The molecule has 2 rings (SSSR count). The first-order chi connectivity index (χ1) is 10.9. The van der Waals surface area contributed by atoms with Crippen molar-refractivity contribution >= 4 is 44.7 Å². The number of rotatable bonds is 6. The second kappa shape index (κ2) is 7.97. The minimum absolute atomic E-state index is 0.0137. The van der Waals surface area contributed by atoms with Gasteiger partial charge in [-0.05, 0) is 23.6 Å². The van der Waals surface area contributed by atoms with Gasteiger partial charge in [-0.3, -0.25) is 9.59 Å². The van der Waals surface area contributed by atoms with E-state index in [0.717, 1.165) is 10.0 Å². The molecule has 1 heterocycles. The Hall–Kier alpha value is -1.34. The molecule has 2 unspecified atom stereocenters. The van der Waals surface area contributed by atoms with E-state index in [4.69, 9.17) is 0 Å². The SMILES string of the molecule is CC(=O)SCC1CC(=O)N(C(Cc2cccc(Br)c2)C(=O)O)C1. The van der Waals surface area contributed by atoms with Crippen molar-refractivity contribution < 1.29 is 19.5 Å². The van der Waals surface area contributed by atoms with Crippen molar-refractivity contribution in [1.82, 2.24) is 4.90 Å². The maximum Gasteiger partial charge on any atom is 0.326 e. The van der Waals surface area contributed by atoms with Crippen molar-refractivity contribution in [2.75, 3.05) is 12.3 Å². The van der Waals surface area contributed by atoms with Crippen LogP contribution in [-0.4, -0.2) is 45.3 Å². The van der Waals surface area contributed by atoms with E-state index >= 15 is 0 Å². The van der Waals surface area contributed by atoms with E-state index < -0.39 is 12.0 Å². The van der Waals surface area contributed by atoms with E-state index in [1.165, 1.54) is 23.6 Å². The van der Waals surface area contributed by atoms with Crippen LogP contribution in [0.5, 0.6) is 0 Å². The van der Waals surface area contributed by atoms with Gasteiger partial charge in [-0.25, -0.2) is 4.79 Å². The Morgan fingerprint density at radius 2 is 2.22 bits per heavy atom. The second-order valence-corrected chi connectivity index (χ2v) is 7.72. The van der Waals surface area contributed by atoms with Gasteiger partial charge in [0.1, 0.15) is 6.04 Å². The van der Waals surface area contributed by atoms with Crippen molar-refractivity contribution in [3.05, 3.63) is 34.3 Å². The largest absolute Gasteiger partial charge is 0.480 e. The van der Waals surface area contributed by atoms with Gasteiger partial charge in [-0.1, -0.05) is 39.8 Å². The minimum atomic E-state index is -1.00. The van der Waals surface area contributed by atoms with E-state index in [0.29, 0.717) is 18.7 Å². The number of hydrogen-bond acceptors (Lipinski definition) is 4. The number of nitrogens with zero attached hydrogens (tertiary/aromatic N) is 1. The van der Waals surface area contributed by atoms with Gasteiger partial charge in [0.05, 0.1) is 0 Å². The molecule has 0 aliphatic carbocycles. The summed E-state index contributed by atoms with van der Waals surface area (Å²) >= 11 is 4.55. The van der Waals surface area contributed by atoms with Crippen molar-refractivity contribution in [2.45, 2.75) is 25.8 Å². The summed E-state index contributed by atoms with van der Waals surface area (Å²) in [7, 11) is 0. The van der Waals surface area contributed by atoms with Crippen LogP contribution in [0.4, 0.5) is 0 Å². The van der Waals surface area contributed by atoms with Gasteiger partial charge in [0.15, 0.2) is 5.12 Å². The second-order valence-electron chi connectivity index (χ2n) is 5.61. The summed E-state index contributed by atoms with van der Waals surface area (Å²) < 4.78 is 0.877. The first kappa shape index (κ1) is 18.0. The number of amides is 1. The lowest BCUT2D eigenvalue weighted by Gasteiger charge is -2.25. The smallest absolute Gasteiger partial charge is 0.326 e. The summed E-state index contributed by atoms with van der Waals surface area (Å²) in [5.74, 6) is -0.568. The Morgan fingerprint density at radius 3 is 2.83 bits per heavy atom. The molecule has 0 aromatic heterocycles. The third kappa shape index (κ3) is 5.07. The minimum Gasteiger partial charge on any atom is -0.480 e. The summed E-state index contributed by atoms with van der Waals surface area (Å²) in [6, 6.07) is 6.56. The molecule has 0 saturated carbocycles. The lowest BCUT2D eigenvalue weighted by molar-refractivity contribution is -0.148. The molecule has 124 valence electrons. The van der Waals surface area contributed by atoms with Crippen molar-refractivity contribution in [1.29, 1.82) is 0 Å². The summed E-state index contributed by atoms with van der Waals surface area (Å²) in [5, 5.41) is 9.54. The van der Waals surface area contributed by atoms with Crippen molar-refractivity contribution in [3.8, 4) is 0 Å². The number of benzene rings is 1. The lowest BCUT2D eigenvalue weighted by Crippen LogP contribution is -2.43. The van der Waals surface area contributed by atoms with E-state index in [1.807, 2.05) is 24.3 Å². The molecule has 1 aromatic rings. The third-order valence-electron chi connectivity index (χ3n) is 3.74. The van der Waals surface area contributed by atoms with Crippen LogP contribution in [0.3, 0.4) is 0 Å². The van der Waals surface area contributed by atoms with Crippen LogP contribution in [-0.2, 0) is 20.8 Å². The predicted octanol–water partition coefficient (Wildman–Crippen LogP) is 2.57. The standard InChI is InChI=1S/C16H18BrNO4S/c1-10(19)23-9-12-7-15(20)18(8-12)14(16(21)22)6-11-3-2-4-13(17)5-11/h2-5,12,14H,6-9H2,1H3,(H,21,22). The number of carbonyl (C=O) groups excluding carboxylic acids is 2. The van der Waals surface area contributed by atoms with Crippen LogP contribution < -0.4 is 0 Å². The summed E-state index contributed by atoms with van der Waals surface area (Å²) in [6.07, 6.45) is 0.579. The van der Waals surface area contributed by atoms with Gasteiger partial charge in [-0.15, -0.1) is 0 Å². The topological polar surface area (TPSA) is 74.7 Å². The Balaban J connectivity index is 2.07. The number of carboxylic acid groups (broad SMARTS) is 1. The molecule has 7 heteroatoms. The molecule has 1 amide bonds. The highest BCUT2D eigenvalue weighted by molar-refractivity contribution is 9.10. The number of halogens is 1. The first-order valence-corrected chi connectivity index (χ1v) is 9.04. The van der Waals surface area contributed by atoms with Gasteiger partial charge >= 0.3 is 5.97 Å². The molecule has 0 spiro atoms. The molecule has 1 aromatic carbocycles. The lowest BCUT2D eigenvalue weighted by atomic mass is 10.0. The average Bonchev–Trinajstić information content (AvgIpc) is 2.83. The molecule has 0 bridgehead atoms. The molecule has 0 radical (unpaired) electrons. The van der Waals surface area contributed by atoms with Crippen LogP contribution >= 0.6 is 27.7 Å².